The van der Waals surface area contributed by atoms with Gasteiger partial charge in [-0.1, -0.05) is 31.2 Å². The number of aryl methyl sites for hydroxylation is 1. The number of carbonyl (C=O) groups is 2. The fourth-order valence-corrected chi connectivity index (χ4v) is 3.84. The highest BCUT2D eigenvalue weighted by Crippen LogP contribution is 2.25. The van der Waals surface area contributed by atoms with Crippen molar-refractivity contribution < 1.29 is 14.0 Å². The number of amides is 2. The van der Waals surface area contributed by atoms with Crippen molar-refractivity contribution in [1.29, 1.82) is 0 Å². The summed E-state index contributed by atoms with van der Waals surface area (Å²) >= 11 is 1.51. The fourth-order valence-electron chi connectivity index (χ4n) is 2.69. The zero-order valence-corrected chi connectivity index (χ0v) is 14.7. The van der Waals surface area contributed by atoms with E-state index in [1.54, 1.807) is 29.2 Å². The quantitative estimate of drug-likeness (QED) is 0.909. The van der Waals surface area contributed by atoms with Crippen molar-refractivity contribution in [2.24, 2.45) is 0 Å². The lowest BCUT2D eigenvalue weighted by molar-refractivity contribution is -0.119. The van der Waals surface area contributed by atoms with Gasteiger partial charge in [0.2, 0.25) is 5.91 Å². The van der Waals surface area contributed by atoms with Gasteiger partial charge in [0.1, 0.15) is 11.9 Å². The molecule has 0 aliphatic carbocycles. The molecule has 1 unspecified atom stereocenters. The maximum absolute atomic E-state index is 13.7. The van der Waals surface area contributed by atoms with Crippen molar-refractivity contribution in [1.82, 2.24) is 4.90 Å². The van der Waals surface area contributed by atoms with E-state index in [0.29, 0.717) is 17.2 Å². The smallest absolute Gasteiger partial charge is 0.255 e. The van der Waals surface area contributed by atoms with Gasteiger partial charge in [0.15, 0.2) is 0 Å². The van der Waals surface area contributed by atoms with Crippen LogP contribution in [0.4, 0.5) is 10.1 Å². The normalized spacial score (nSPS) is 16.7. The molecule has 0 radical (unpaired) electrons. The summed E-state index contributed by atoms with van der Waals surface area (Å²) in [4.78, 5) is 26.8. The van der Waals surface area contributed by atoms with Gasteiger partial charge in [-0.05, 0) is 36.2 Å². The van der Waals surface area contributed by atoms with Gasteiger partial charge in [-0.3, -0.25) is 9.59 Å². The molecule has 6 heteroatoms. The number of thioether (sulfide) groups is 1. The van der Waals surface area contributed by atoms with E-state index in [1.807, 2.05) is 12.1 Å². The second-order valence-electron chi connectivity index (χ2n) is 5.81. The molecule has 1 N–H and O–H groups in total. The van der Waals surface area contributed by atoms with Crippen molar-refractivity contribution in [2.45, 2.75) is 19.4 Å². The zero-order chi connectivity index (χ0) is 17.8. The van der Waals surface area contributed by atoms with Crippen LogP contribution in [0.15, 0.2) is 48.5 Å². The maximum Gasteiger partial charge on any atom is 0.255 e. The number of nitrogens with one attached hydrogen (secondary N) is 1. The minimum Gasteiger partial charge on any atom is -0.322 e. The summed E-state index contributed by atoms with van der Waals surface area (Å²) in [5, 5.41) is 2.59. The number of para-hydroxylation sites is 1. The Balaban J connectivity index is 1.74. The molecule has 1 saturated heterocycles. The lowest BCUT2D eigenvalue weighted by Gasteiger charge is -2.23. The fraction of sp³-hybridized carbons (Fsp3) is 0.263. The molecule has 1 aliphatic heterocycles. The van der Waals surface area contributed by atoms with Crippen LogP contribution in [0.2, 0.25) is 0 Å². The lowest BCUT2D eigenvalue weighted by atomic mass is 10.1. The number of halogens is 1. The summed E-state index contributed by atoms with van der Waals surface area (Å²) < 4.78 is 13.7. The molecule has 25 heavy (non-hydrogen) atoms. The molecule has 1 heterocycles. The molecule has 1 fully saturated rings. The van der Waals surface area contributed by atoms with Crippen LogP contribution < -0.4 is 5.32 Å². The second kappa shape index (κ2) is 7.70. The molecule has 0 spiro atoms. The number of hydrogen-bond acceptors (Lipinski definition) is 3. The predicted molar refractivity (Wildman–Crippen MR) is 98.1 cm³/mol. The molecular weight excluding hydrogens is 339 g/mol. The highest BCUT2D eigenvalue weighted by atomic mass is 32.2. The minimum absolute atomic E-state index is 0.129. The Morgan fingerprint density at radius 3 is 2.60 bits per heavy atom. The van der Waals surface area contributed by atoms with E-state index in [9.17, 15) is 14.0 Å². The van der Waals surface area contributed by atoms with Crippen LogP contribution in [-0.4, -0.2) is 34.4 Å². The molecule has 130 valence electrons. The van der Waals surface area contributed by atoms with Gasteiger partial charge in [-0.2, -0.15) is 0 Å². The third kappa shape index (κ3) is 3.85. The molecule has 0 saturated carbocycles. The first-order chi connectivity index (χ1) is 12.1. The minimum atomic E-state index is -0.608. The Morgan fingerprint density at radius 2 is 1.92 bits per heavy atom. The SMILES string of the molecule is CCc1ccc(C(=O)N2CSCC2C(=O)Nc2ccccc2F)cc1. The number of hydrogen-bond donors (Lipinski definition) is 1. The Morgan fingerprint density at radius 1 is 1.20 bits per heavy atom. The average molecular weight is 358 g/mol. The first-order valence-electron chi connectivity index (χ1n) is 8.13. The van der Waals surface area contributed by atoms with E-state index in [4.69, 9.17) is 0 Å². The van der Waals surface area contributed by atoms with Gasteiger partial charge < -0.3 is 10.2 Å². The van der Waals surface area contributed by atoms with Crippen LogP contribution in [0.3, 0.4) is 0 Å². The van der Waals surface area contributed by atoms with Crippen molar-refractivity contribution in [2.75, 3.05) is 16.9 Å². The molecule has 0 aromatic heterocycles. The van der Waals surface area contributed by atoms with E-state index in [1.165, 1.54) is 23.9 Å². The van der Waals surface area contributed by atoms with E-state index in [0.717, 1.165) is 12.0 Å². The molecule has 3 rings (SSSR count). The largest absolute Gasteiger partial charge is 0.322 e. The Hall–Kier alpha value is -2.34. The van der Waals surface area contributed by atoms with E-state index < -0.39 is 11.9 Å². The molecule has 0 bridgehead atoms. The topological polar surface area (TPSA) is 49.4 Å². The molecule has 1 atom stereocenters. The van der Waals surface area contributed by atoms with E-state index in [-0.39, 0.29) is 17.5 Å². The number of nitrogens with zero attached hydrogens (tertiary/aromatic N) is 1. The summed E-state index contributed by atoms with van der Waals surface area (Å²) in [7, 11) is 0. The number of rotatable bonds is 4. The predicted octanol–water partition coefficient (Wildman–Crippen LogP) is 3.54. The van der Waals surface area contributed by atoms with Gasteiger partial charge in [0, 0.05) is 11.3 Å². The van der Waals surface area contributed by atoms with Gasteiger partial charge in [-0.25, -0.2) is 4.39 Å². The third-order valence-corrected chi connectivity index (χ3v) is 5.20. The standard InChI is InChI=1S/C19H19FN2O2S/c1-2-13-7-9-14(10-8-13)19(24)22-12-25-11-17(22)18(23)21-16-6-4-3-5-15(16)20/h3-10,17H,2,11-12H2,1H3,(H,21,23). The van der Waals surface area contributed by atoms with Gasteiger partial charge in [0.25, 0.3) is 5.91 Å². The number of carbonyl (C=O) groups excluding carboxylic acids is 2. The first-order valence-corrected chi connectivity index (χ1v) is 9.28. The molecule has 2 aromatic carbocycles. The first kappa shape index (κ1) is 17.5. The van der Waals surface area contributed by atoms with Crippen LogP contribution in [0.1, 0.15) is 22.8 Å². The van der Waals surface area contributed by atoms with Gasteiger partial charge in [-0.15, -0.1) is 11.8 Å². The molecular formula is C19H19FN2O2S. The average Bonchev–Trinajstić information content (AvgIpc) is 3.13. The highest BCUT2D eigenvalue weighted by molar-refractivity contribution is 7.99. The summed E-state index contributed by atoms with van der Waals surface area (Å²) in [5.41, 5.74) is 1.84. The molecule has 4 nitrogen and oxygen atoms in total. The lowest BCUT2D eigenvalue weighted by Crippen LogP contribution is -2.44. The number of benzene rings is 2. The molecule has 2 amide bonds. The second-order valence-corrected chi connectivity index (χ2v) is 6.81. The Bertz CT molecular complexity index is 779. The maximum atomic E-state index is 13.7. The summed E-state index contributed by atoms with van der Waals surface area (Å²) in [6.45, 7) is 2.05. The summed E-state index contributed by atoms with van der Waals surface area (Å²) in [5.74, 6) is -0.0903. The molecule has 1 aliphatic rings. The summed E-state index contributed by atoms with van der Waals surface area (Å²) in [6, 6.07) is 12.8. The molecule has 2 aromatic rings. The van der Waals surface area contributed by atoms with Crippen LogP contribution in [0, 0.1) is 5.82 Å². The van der Waals surface area contributed by atoms with E-state index >= 15 is 0 Å². The van der Waals surface area contributed by atoms with Crippen molar-refractivity contribution >= 4 is 29.3 Å². The third-order valence-electron chi connectivity index (χ3n) is 4.19. The van der Waals surface area contributed by atoms with Gasteiger partial charge in [0.05, 0.1) is 11.6 Å². The number of anilines is 1. The monoisotopic (exact) mass is 358 g/mol. The van der Waals surface area contributed by atoms with E-state index in [2.05, 4.69) is 12.2 Å². The van der Waals surface area contributed by atoms with Crippen LogP contribution >= 0.6 is 11.8 Å². The Labute approximate surface area is 150 Å². The zero-order valence-electron chi connectivity index (χ0n) is 13.9. The van der Waals surface area contributed by atoms with Crippen LogP contribution in [0.25, 0.3) is 0 Å². The van der Waals surface area contributed by atoms with Crippen molar-refractivity contribution in [3.8, 4) is 0 Å². The van der Waals surface area contributed by atoms with Crippen LogP contribution in [0.5, 0.6) is 0 Å². The Kier molecular flexibility index (Phi) is 5.38. The summed E-state index contributed by atoms with van der Waals surface area (Å²) in [6.07, 6.45) is 0.904. The highest BCUT2D eigenvalue weighted by Gasteiger charge is 2.35. The van der Waals surface area contributed by atoms with Crippen LogP contribution in [-0.2, 0) is 11.2 Å². The van der Waals surface area contributed by atoms with Crippen molar-refractivity contribution in [3.05, 3.63) is 65.5 Å². The van der Waals surface area contributed by atoms with Gasteiger partial charge >= 0.3 is 0 Å². The van der Waals surface area contributed by atoms with Crippen molar-refractivity contribution in [3.63, 3.8) is 0 Å².